The van der Waals surface area contributed by atoms with E-state index >= 15 is 0 Å². The second kappa shape index (κ2) is 15.5. The maximum absolute atomic E-state index is 13.0. The number of aliphatic hydroxyl groups is 3. The molecule has 0 radical (unpaired) electrons. The maximum Gasteiger partial charge on any atom is 0.207 e. The molecule has 1 fully saturated rings. The van der Waals surface area contributed by atoms with Crippen LogP contribution in [-0.2, 0) is 5.60 Å². The van der Waals surface area contributed by atoms with Crippen molar-refractivity contribution in [1.82, 2.24) is 0 Å². The predicted molar refractivity (Wildman–Crippen MR) is 214 cm³/mol. The Morgan fingerprint density at radius 1 is 0.945 bits per heavy atom. The summed E-state index contributed by atoms with van der Waals surface area (Å²) in [6, 6.07) is 8.80. The lowest BCUT2D eigenvalue weighted by atomic mass is 9.61. The van der Waals surface area contributed by atoms with Gasteiger partial charge >= 0.3 is 0 Å². The maximum atomic E-state index is 13.0. The van der Waals surface area contributed by atoms with Crippen LogP contribution in [0, 0.1) is 11.8 Å². The number of methoxy groups -OCH3 is 1. The molecule has 0 aromatic heterocycles. The van der Waals surface area contributed by atoms with Crippen LogP contribution in [0.5, 0.6) is 40.2 Å². The number of rotatable bonds is 10. The van der Waals surface area contributed by atoms with Crippen molar-refractivity contribution >= 4 is 21.6 Å². The van der Waals surface area contributed by atoms with Crippen LogP contribution < -0.4 is 18.9 Å². The number of ether oxygens (including phenoxy) is 4. The van der Waals surface area contributed by atoms with E-state index in [2.05, 4.69) is 26.0 Å². The van der Waals surface area contributed by atoms with Gasteiger partial charge in [-0.15, -0.1) is 0 Å². The summed E-state index contributed by atoms with van der Waals surface area (Å²) in [6.45, 7) is 4.11. The second-order valence-electron chi connectivity index (χ2n) is 16.1. The Labute approximate surface area is 330 Å². The van der Waals surface area contributed by atoms with Crippen molar-refractivity contribution in [1.29, 1.82) is 0 Å². The molecule has 6 bridgehead atoms. The minimum absolute atomic E-state index is 0.0151. The van der Waals surface area contributed by atoms with Gasteiger partial charge in [0.05, 0.1) is 26.9 Å². The van der Waals surface area contributed by atoms with Crippen molar-refractivity contribution in [3.63, 3.8) is 0 Å². The van der Waals surface area contributed by atoms with Crippen LogP contribution >= 0.6 is 21.6 Å². The molecule has 0 unspecified atom stereocenters. The van der Waals surface area contributed by atoms with Gasteiger partial charge in [0.1, 0.15) is 30.0 Å². The highest BCUT2D eigenvalue weighted by Crippen LogP contribution is 2.66. The van der Waals surface area contributed by atoms with E-state index in [4.69, 9.17) is 18.9 Å². The molecule has 8 atom stereocenters. The summed E-state index contributed by atoms with van der Waals surface area (Å²) >= 11 is 0. The lowest BCUT2D eigenvalue weighted by Crippen LogP contribution is -2.57. The number of aromatic hydroxyl groups is 3. The first-order valence-electron chi connectivity index (χ1n) is 19.6. The van der Waals surface area contributed by atoms with Crippen LogP contribution in [0.1, 0.15) is 98.8 Å². The minimum atomic E-state index is -1.47. The summed E-state index contributed by atoms with van der Waals surface area (Å²) < 4.78 is 25.1. The van der Waals surface area contributed by atoms with Crippen molar-refractivity contribution in [2.75, 3.05) is 33.5 Å². The summed E-state index contributed by atoms with van der Waals surface area (Å²) in [4.78, 5) is 0. The van der Waals surface area contributed by atoms with Gasteiger partial charge in [0.2, 0.25) is 11.5 Å². The number of hydrogen-bond donors (Lipinski definition) is 6. The van der Waals surface area contributed by atoms with Gasteiger partial charge in [-0.1, -0.05) is 53.7 Å². The third-order valence-electron chi connectivity index (χ3n) is 12.5. The number of phenols is 3. The number of allylic oxidation sites excluding steroid dienone is 1. The second-order valence-corrected chi connectivity index (χ2v) is 18.9. The number of phenolic OH excluding ortho intramolecular Hbond substituents is 3. The molecule has 12 heteroatoms. The van der Waals surface area contributed by atoms with E-state index in [9.17, 15) is 30.6 Å². The summed E-state index contributed by atoms with van der Waals surface area (Å²) in [5.74, 6) is 0.186. The van der Waals surface area contributed by atoms with Crippen LogP contribution in [0.15, 0.2) is 42.5 Å². The minimum Gasteiger partial charge on any atom is -0.508 e. The molecule has 55 heavy (non-hydrogen) atoms. The smallest absolute Gasteiger partial charge is 0.207 e. The number of fused-ring (bicyclic) bond motifs is 7. The van der Waals surface area contributed by atoms with Crippen LogP contribution in [-0.4, -0.2) is 80.8 Å². The monoisotopic (exact) mass is 792 g/mol. The van der Waals surface area contributed by atoms with Crippen molar-refractivity contribution in [3.05, 3.63) is 64.7 Å². The van der Waals surface area contributed by atoms with Gasteiger partial charge in [-0.25, -0.2) is 0 Å². The normalized spacial score (nSPS) is 29.0. The Hall–Kier alpha value is -3.42. The van der Waals surface area contributed by atoms with E-state index in [-0.39, 0.29) is 65.3 Å². The fraction of sp³-hybridized carbons (Fsp3) is 0.535. The van der Waals surface area contributed by atoms with E-state index in [1.165, 1.54) is 7.11 Å². The van der Waals surface area contributed by atoms with Crippen molar-refractivity contribution < 1.29 is 49.6 Å². The zero-order valence-electron chi connectivity index (χ0n) is 31.6. The molecule has 10 nitrogen and oxygen atoms in total. The number of hydrogen-bond acceptors (Lipinski definition) is 12. The van der Waals surface area contributed by atoms with E-state index in [1.54, 1.807) is 22.9 Å². The molecule has 0 spiro atoms. The first-order chi connectivity index (χ1) is 26.6. The van der Waals surface area contributed by atoms with Gasteiger partial charge < -0.3 is 49.6 Å². The van der Waals surface area contributed by atoms with E-state index < -0.39 is 23.5 Å². The van der Waals surface area contributed by atoms with E-state index in [0.717, 1.165) is 59.9 Å². The molecule has 3 aromatic rings. The first kappa shape index (κ1) is 38.5. The average molecular weight is 793 g/mol. The SMILES string of the molecule is COc1c(O)c(OCCC(C)C)cc([C@@]23CC[C@@H]4SS[C@H]5C=CC[C@@H](CC[C@@H]6c7cc(O)ccc7-c7c(OCCO)cc(c(c7[C@@H]6CO)[C@@H]4[C@H]2O)O3)C5)c1O. The summed E-state index contributed by atoms with van der Waals surface area (Å²) in [5, 5.41) is 68.5. The molecule has 1 saturated carbocycles. The predicted octanol–water partition coefficient (Wildman–Crippen LogP) is 7.85. The topological polar surface area (TPSA) is 158 Å². The van der Waals surface area contributed by atoms with Crippen LogP contribution in [0.4, 0.5) is 0 Å². The molecule has 5 aliphatic rings. The highest BCUT2D eigenvalue weighted by atomic mass is 33.1. The molecular weight excluding hydrogens is 741 g/mol. The first-order valence-corrected chi connectivity index (χ1v) is 21.9. The zero-order valence-corrected chi connectivity index (χ0v) is 33.2. The van der Waals surface area contributed by atoms with Gasteiger partial charge in [0.25, 0.3) is 0 Å². The van der Waals surface area contributed by atoms with Crippen molar-refractivity contribution in [2.45, 2.75) is 98.8 Å². The quantitative estimate of drug-likeness (QED) is 0.0874. The van der Waals surface area contributed by atoms with Crippen LogP contribution in [0.25, 0.3) is 11.1 Å². The number of benzene rings is 3. The molecule has 2 aliphatic heterocycles. The van der Waals surface area contributed by atoms with Gasteiger partial charge in [-0.05, 0) is 97.6 Å². The molecule has 3 aromatic carbocycles. The Morgan fingerprint density at radius 3 is 2.53 bits per heavy atom. The van der Waals surface area contributed by atoms with Gasteiger partial charge in [0, 0.05) is 45.1 Å². The molecule has 6 N–H and O–H groups in total. The molecule has 2 heterocycles. The highest BCUT2D eigenvalue weighted by Gasteiger charge is 2.60. The van der Waals surface area contributed by atoms with Gasteiger partial charge in [-0.2, -0.15) is 0 Å². The van der Waals surface area contributed by atoms with Crippen LogP contribution in [0.2, 0.25) is 0 Å². The molecule has 0 saturated heterocycles. The van der Waals surface area contributed by atoms with Gasteiger partial charge in [0.15, 0.2) is 17.1 Å². The van der Waals surface area contributed by atoms with Crippen LogP contribution in [0.3, 0.4) is 0 Å². The summed E-state index contributed by atoms with van der Waals surface area (Å²) in [6.07, 6.45) is 8.95. The highest BCUT2D eigenvalue weighted by molar-refractivity contribution is 8.77. The standard InChI is InChI=1S/C43H52O10S2/c1-22(2)12-15-51-33-19-30(39(47)41(50-3)40(33)48)43-13-11-34-38(42(43)49)37-32(53-43)20-31(52-16-14-44)35-27-10-8-24(46)18-28(27)26(29(21-45)36(35)37)9-7-23-5-4-6-25(17-23)54-55-34/h4,6,8,10,18-20,22-23,25-26,29,34,38,42,44-49H,5,7,9,11-17,21H2,1-3H3/t23-,25-,26+,29+,34-,38+,42+,43-/m0/s1. The Kier molecular flexibility index (Phi) is 10.8. The third-order valence-corrected chi connectivity index (χ3v) is 15.8. The lowest BCUT2D eigenvalue weighted by Gasteiger charge is -2.54. The molecule has 8 rings (SSSR count). The molecule has 296 valence electrons. The van der Waals surface area contributed by atoms with Crippen molar-refractivity contribution in [2.24, 2.45) is 11.8 Å². The average Bonchev–Trinajstić information content (AvgIpc) is 3.17. The summed E-state index contributed by atoms with van der Waals surface area (Å²) in [7, 11) is 5.01. The number of aliphatic hydroxyl groups excluding tert-OH is 3. The Morgan fingerprint density at radius 2 is 1.76 bits per heavy atom. The van der Waals surface area contributed by atoms with Gasteiger partial charge in [-0.3, -0.25) is 0 Å². The van der Waals surface area contributed by atoms with Crippen molar-refractivity contribution in [3.8, 4) is 51.4 Å². The summed E-state index contributed by atoms with van der Waals surface area (Å²) in [5.41, 5.74) is 3.06. The molecule has 0 amide bonds. The Balaban J connectivity index is 1.38. The van der Waals surface area contributed by atoms with E-state index in [0.29, 0.717) is 48.0 Å². The molecule has 3 aliphatic carbocycles. The Bertz CT molecular complexity index is 1950. The molecular formula is C43H52O10S2. The fourth-order valence-corrected chi connectivity index (χ4v) is 13.2. The third kappa shape index (κ3) is 6.59. The lowest BCUT2D eigenvalue weighted by molar-refractivity contribution is -0.112. The fourth-order valence-electron chi connectivity index (χ4n) is 9.83. The largest absolute Gasteiger partial charge is 0.508 e. The zero-order chi connectivity index (χ0) is 38.6. The van der Waals surface area contributed by atoms with E-state index in [1.807, 2.05) is 29.0 Å².